The maximum Gasteiger partial charge on any atom is 0.0680 e. The zero-order chi connectivity index (χ0) is 7.68. The summed E-state index contributed by atoms with van der Waals surface area (Å²) in [7, 11) is 0. The van der Waals surface area contributed by atoms with Crippen LogP contribution >= 0.6 is 0 Å². The van der Waals surface area contributed by atoms with Crippen molar-refractivity contribution < 1.29 is 5.11 Å². The first kappa shape index (κ1) is 7.53. The molecule has 2 rings (SSSR count). The molecule has 1 aliphatic carbocycles. The molecule has 0 spiro atoms. The van der Waals surface area contributed by atoms with Crippen LogP contribution in [0.15, 0.2) is 0 Å². The molecule has 1 aliphatic heterocycles. The summed E-state index contributed by atoms with van der Waals surface area (Å²) in [6, 6.07) is 1.29. The summed E-state index contributed by atoms with van der Waals surface area (Å²) < 4.78 is 0. The Morgan fingerprint density at radius 3 is 2.82 bits per heavy atom. The molecular weight excluding hydrogens is 140 g/mol. The molecule has 0 bridgehead atoms. The van der Waals surface area contributed by atoms with Gasteiger partial charge in [-0.05, 0) is 19.3 Å². The number of rotatable bonds is 3. The maximum atomic E-state index is 9.19. The lowest BCUT2D eigenvalue weighted by Gasteiger charge is -2.09. The minimum absolute atomic E-state index is 0.110. The maximum absolute atomic E-state index is 9.19. The van der Waals surface area contributed by atoms with Crippen LogP contribution in [0.4, 0.5) is 0 Å². The predicted octanol–water partition coefficient (Wildman–Crippen LogP) is -0.539. The number of aliphatic hydroxyl groups excluding tert-OH is 1. The molecule has 3 nitrogen and oxygen atoms in total. The molecule has 2 atom stereocenters. The molecular formula is C8H16N2O. The Bertz CT molecular complexity index is 136. The van der Waals surface area contributed by atoms with Gasteiger partial charge >= 0.3 is 0 Å². The van der Waals surface area contributed by atoms with Crippen molar-refractivity contribution in [2.75, 3.05) is 13.1 Å². The summed E-state index contributed by atoms with van der Waals surface area (Å²) in [6.07, 6.45) is 3.49. The van der Waals surface area contributed by atoms with Crippen molar-refractivity contribution in [1.82, 2.24) is 10.6 Å². The van der Waals surface area contributed by atoms with Crippen LogP contribution in [-0.2, 0) is 0 Å². The van der Waals surface area contributed by atoms with Crippen molar-refractivity contribution in [3.63, 3.8) is 0 Å². The molecule has 0 aromatic heterocycles. The fraction of sp³-hybridized carbons (Fsp3) is 1.00. The van der Waals surface area contributed by atoms with Crippen LogP contribution in [0.3, 0.4) is 0 Å². The Balaban J connectivity index is 1.62. The second kappa shape index (κ2) is 3.09. The summed E-state index contributed by atoms with van der Waals surface area (Å²) in [4.78, 5) is 0. The molecule has 1 saturated heterocycles. The van der Waals surface area contributed by atoms with Crippen molar-refractivity contribution >= 4 is 0 Å². The van der Waals surface area contributed by atoms with Crippen molar-refractivity contribution in [1.29, 1.82) is 0 Å². The highest BCUT2D eigenvalue weighted by Gasteiger charge is 2.25. The van der Waals surface area contributed by atoms with E-state index in [4.69, 9.17) is 0 Å². The Morgan fingerprint density at radius 1 is 1.45 bits per heavy atom. The van der Waals surface area contributed by atoms with E-state index in [0.29, 0.717) is 6.04 Å². The van der Waals surface area contributed by atoms with E-state index in [1.54, 1.807) is 0 Å². The van der Waals surface area contributed by atoms with Crippen LogP contribution in [0.5, 0.6) is 0 Å². The topological polar surface area (TPSA) is 44.3 Å². The first-order valence-electron chi connectivity index (χ1n) is 4.49. The lowest BCUT2D eigenvalue weighted by Crippen LogP contribution is -2.34. The van der Waals surface area contributed by atoms with Gasteiger partial charge in [-0.2, -0.15) is 0 Å². The van der Waals surface area contributed by atoms with Gasteiger partial charge in [-0.1, -0.05) is 0 Å². The molecule has 11 heavy (non-hydrogen) atoms. The summed E-state index contributed by atoms with van der Waals surface area (Å²) in [6.45, 7) is 1.80. The molecule has 2 aliphatic rings. The van der Waals surface area contributed by atoms with E-state index in [9.17, 15) is 5.11 Å². The van der Waals surface area contributed by atoms with Gasteiger partial charge in [-0.3, -0.25) is 0 Å². The highest BCUT2D eigenvalue weighted by molar-refractivity contribution is 4.87. The smallest absolute Gasteiger partial charge is 0.0680 e. The fourth-order valence-corrected chi connectivity index (χ4v) is 1.55. The molecule has 64 valence electrons. The third kappa shape index (κ3) is 2.15. The van der Waals surface area contributed by atoms with E-state index in [1.165, 1.54) is 12.8 Å². The Hall–Kier alpha value is -0.120. The van der Waals surface area contributed by atoms with Crippen LogP contribution < -0.4 is 10.6 Å². The summed E-state index contributed by atoms with van der Waals surface area (Å²) in [5, 5.41) is 15.9. The minimum Gasteiger partial charge on any atom is -0.392 e. The minimum atomic E-state index is -0.110. The predicted molar refractivity (Wildman–Crippen MR) is 43.4 cm³/mol. The number of hydrogen-bond acceptors (Lipinski definition) is 3. The van der Waals surface area contributed by atoms with E-state index in [0.717, 1.165) is 25.6 Å². The number of nitrogens with one attached hydrogen (secondary N) is 2. The van der Waals surface area contributed by atoms with Crippen LogP contribution in [0.2, 0.25) is 0 Å². The SMILES string of the molecule is OC1CNC(CNC2CC2)C1. The quantitative estimate of drug-likeness (QED) is 0.514. The summed E-state index contributed by atoms with van der Waals surface area (Å²) >= 11 is 0. The molecule has 1 saturated carbocycles. The molecule has 0 aromatic carbocycles. The van der Waals surface area contributed by atoms with Gasteiger partial charge in [0.25, 0.3) is 0 Å². The molecule has 0 radical (unpaired) electrons. The van der Waals surface area contributed by atoms with Crippen LogP contribution in [-0.4, -0.2) is 36.4 Å². The lowest BCUT2D eigenvalue weighted by molar-refractivity contribution is 0.193. The Kier molecular flexibility index (Phi) is 2.11. The van der Waals surface area contributed by atoms with Gasteiger partial charge in [-0.25, -0.2) is 0 Å². The van der Waals surface area contributed by atoms with Gasteiger partial charge in [0, 0.05) is 25.2 Å². The zero-order valence-corrected chi connectivity index (χ0v) is 6.71. The largest absolute Gasteiger partial charge is 0.392 e. The summed E-state index contributed by atoms with van der Waals surface area (Å²) in [5.41, 5.74) is 0. The zero-order valence-electron chi connectivity index (χ0n) is 6.71. The second-order valence-electron chi connectivity index (χ2n) is 3.68. The monoisotopic (exact) mass is 156 g/mol. The Morgan fingerprint density at radius 2 is 2.27 bits per heavy atom. The van der Waals surface area contributed by atoms with Gasteiger partial charge in [-0.15, -0.1) is 0 Å². The van der Waals surface area contributed by atoms with Gasteiger partial charge in [0.1, 0.15) is 0 Å². The highest BCUT2D eigenvalue weighted by atomic mass is 16.3. The van der Waals surface area contributed by atoms with E-state index < -0.39 is 0 Å². The third-order valence-corrected chi connectivity index (χ3v) is 2.43. The lowest BCUT2D eigenvalue weighted by atomic mass is 10.2. The first-order chi connectivity index (χ1) is 5.34. The van der Waals surface area contributed by atoms with E-state index in [-0.39, 0.29) is 6.10 Å². The number of β-amino-alcohol motifs (C(OH)–C–C–N with tert-alkyl or cyclic N) is 1. The van der Waals surface area contributed by atoms with E-state index in [1.807, 2.05) is 0 Å². The van der Waals surface area contributed by atoms with Crippen LogP contribution in [0, 0.1) is 0 Å². The molecule has 2 fully saturated rings. The van der Waals surface area contributed by atoms with Gasteiger partial charge in [0.2, 0.25) is 0 Å². The number of aliphatic hydroxyl groups is 1. The molecule has 0 aromatic rings. The summed E-state index contributed by atoms with van der Waals surface area (Å²) in [5.74, 6) is 0. The molecule has 3 heteroatoms. The molecule has 2 unspecified atom stereocenters. The van der Waals surface area contributed by atoms with E-state index >= 15 is 0 Å². The Labute approximate surface area is 67.2 Å². The standard InChI is InChI=1S/C8H16N2O/c11-8-3-7(10-5-8)4-9-6-1-2-6/h6-11H,1-5H2. The van der Waals surface area contributed by atoms with Gasteiger partial charge in [0.05, 0.1) is 6.10 Å². The van der Waals surface area contributed by atoms with Crippen molar-refractivity contribution in [3.8, 4) is 0 Å². The molecule has 1 heterocycles. The van der Waals surface area contributed by atoms with Gasteiger partial charge < -0.3 is 15.7 Å². The van der Waals surface area contributed by atoms with Crippen LogP contribution in [0.1, 0.15) is 19.3 Å². The normalized spacial score (nSPS) is 37.9. The van der Waals surface area contributed by atoms with E-state index in [2.05, 4.69) is 10.6 Å². The first-order valence-corrected chi connectivity index (χ1v) is 4.49. The number of hydrogen-bond donors (Lipinski definition) is 3. The van der Waals surface area contributed by atoms with Crippen LogP contribution in [0.25, 0.3) is 0 Å². The second-order valence-corrected chi connectivity index (χ2v) is 3.68. The molecule has 0 amide bonds. The fourth-order valence-electron chi connectivity index (χ4n) is 1.55. The van der Waals surface area contributed by atoms with Crippen molar-refractivity contribution in [2.24, 2.45) is 0 Å². The average molecular weight is 156 g/mol. The van der Waals surface area contributed by atoms with Crippen molar-refractivity contribution in [2.45, 2.75) is 37.5 Å². The highest BCUT2D eigenvalue weighted by Crippen LogP contribution is 2.18. The molecule has 3 N–H and O–H groups in total. The van der Waals surface area contributed by atoms with Crippen molar-refractivity contribution in [3.05, 3.63) is 0 Å². The van der Waals surface area contributed by atoms with Gasteiger partial charge in [0.15, 0.2) is 0 Å². The average Bonchev–Trinajstić information content (AvgIpc) is 2.72. The third-order valence-electron chi connectivity index (χ3n) is 2.43.